The number of rotatable bonds is 1. The van der Waals surface area contributed by atoms with Gasteiger partial charge in [0.2, 0.25) is 11.6 Å². The minimum Gasteiger partial charge on any atom is -0.374 e. The lowest BCUT2D eigenvalue weighted by atomic mass is 9.66. The van der Waals surface area contributed by atoms with E-state index in [0.29, 0.717) is 6.42 Å². The van der Waals surface area contributed by atoms with Crippen LogP contribution in [0.15, 0.2) is 12.4 Å². The van der Waals surface area contributed by atoms with Crippen LogP contribution in [0.5, 0.6) is 0 Å². The first-order valence-electron chi connectivity index (χ1n) is 6.51. The van der Waals surface area contributed by atoms with Crippen molar-refractivity contribution in [1.82, 2.24) is 15.1 Å². The quantitative estimate of drug-likeness (QED) is 0.649. The Morgan fingerprint density at radius 3 is 2.89 bits per heavy atom. The Kier molecular flexibility index (Phi) is 2.48. The predicted molar refractivity (Wildman–Crippen MR) is 66.8 cm³/mol. The molecule has 3 atom stereocenters. The number of piperidine rings is 1. The largest absolute Gasteiger partial charge is 0.374 e. The van der Waals surface area contributed by atoms with Crippen LogP contribution in [0.1, 0.15) is 19.3 Å². The highest BCUT2D eigenvalue weighted by Gasteiger charge is 2.60. The molecule has 2 aliphatic heterocycles. The van der Waals surface area contributed by atoms with Crippen molar-refractivity contribution >= 4 is 11.6 Å². The second-order valence-electron chi connectivity index (χ2n) is 5.64. The van der Waals surface area contributed by atoms with E-state index in [1.54, 1.807) is 0 Å². The van der Waals surface area contributed by atoms with E-state index in [9.17, 15) is 9.59 Å². The summed E-state index contributed by atoms with van der Waals surface area (Å²) in [6.07, 6.45) is 5.89. The zero-order valence-corrected chi connectivity index (χ0v) is 10.8. The van der Waals surface area contributed by atoms with Crippen molar-refractivity contribution < 1.29 is 9.59 Å². The first-order valence-corrected chi connectivity index (χ1v) is 6.51. The van der Waals surface area contributed by atoms with Gasteiger partial charge < -0.3 is 15.1 Å². The monoisotopic (exact) mass is 249 g/mol. The number of likely N-dealkylation sites (N-methyl/N-ethyl adjacent to an activating group) is 1. The zero-order chi connectivity index (χ0) is 12.9. The fraction of sp³-hybridized carbons (Fsp3) is 0.692. The number of hydrogen-bond donors (Lipinski definition) is 1. The maximum atomic E-state index is 12.5. The van der Waals surface area contributed by atoms with Gasteiger partial charge in [-0.05, 0) is 26.9 Å². The summed E-state index contributed by atoms with van der Waals surface area (Å²) in [5.41, 5.74) is -0.730. The van der Waals surface area contributed by atoms with E-state index >= 15 is 0 Å². The van der Waals surface area contributed by atoms with Gasteiger partial charge in [-0.3, -0.25) is 9.59 Å². The number of ketones is 2. The van der Waals surface area contributed by atoms with Crippen molar-refractivity contribution in [3.05, 3.63) is 12.4 Å². The molecule has 1 saturated heterocycles. The van der Waals surface area contributed by atoms with Crippen molar-refractivity contribution in [2.24, 2.45) is 0 Å². The molecule has 5 nitrogen and oxygen atoms in total. The Labute approximate surface area is 107 Å². The summed E-state index contributed by atoms with van der Waals surface area (Å²) in [7, 11) is 3.97. The lowest BCUT2D eigenvalue weighted by Gasteiger charge is -2.58. The van der Waals surface area contributed by atoms with Crippen LogP contribution < -0.4 is 5.32 Å². The Hall–Kier alpha value is -1.36. The molecule has 2 fully saturated rings. The van der Waals surface area contributed by atoms with E-state index < -0.39 is 5.54 Å². The van der Waals surface area contributed by atoms with Crippen molar-refractivity contribution in [3.8, 4) is 0 Å². The molecule has 98 valence electrons. The Morgan fingerprint density at radius 2 is 2.17 bits per heavy atom. The van der Waals surface area contributed by atoms with Crippen molar-refractivity contribution in [1.29, 1.82) is 0 Å². The highest BCUT2D eigenvalue weighted by atomic mass is 16.2. The zero-order valence-electron chi connectivity index (χ0n) is 10.8. The minimum atomic E-state index is -0.730. The molecule has 3 rings (SSSR count). The normalized spacial score (nSPS) is 38.7. The van der Waals surface area contributed by atoms with Gasteiger partial charge in [-0.2, -0.15) is 0 Å². The SMILES string of the molecule is CN(C)C1CCN2C=CNC13C(=O)C(=O)CCC23. The summed E-state index contributed by atoms with van der Waals surface area (Å²) in [6, 6.07) is 0.203. The van der Waals surface area contributed by atoms with Crippen LogP contribution in [0.2, 0.25) is 0 Å². The van der Waals surface area contributed by atoms with E-state index in [0.717, 1.165) is 19.4 Å². The van der Waals surface area contributed by atoms with Gasteiger partial charge >= 0.3 is 0 Å². The number of carbonyl (C=O) groups excluding carboxylic acids is 2. The molecule has 5 heteroatoms. The molecule has 2 bridgehead atoms. The first kappa shape index (κ1) is 11.7. The van der Waals surface area contributed by atoms with E-state index in [2.05, 4.69) is 15.1 Å². The third-order valence-electron chi connectivity index (χ3n) is 4.60. The second kappa shape index (κ2) is 3.82. The smallest absolute Gasteiger partial charge is 0.227 e. The molecule has 0 aromatic heterocycles. The lowest BCUT2D eigenvalue weighted by molar-refractivity contribution is -0.150. The molecule has 2 heterocycles. The Morgan fingerprint density at radius 1 is 1.39 bits per heavy atom. The molecule has 0 amide bonds. The fourth-order valence-electron chi connectivity index (χ4n) is 3.82. The average Bonchev–Trinajstić information content (AvgIpc) is 2.33. The molecule has 0 aromatic carbocycles. The molecule has 0 radical (unpaired) electrons. The Balaban J connectivity index is 2.10. The van der Waals surface area contributed by atoms with Gasteiger partial charge in [0.05, 0.1) is 6.04 Å². The molecule has 1 saturated carbocycles. The summed E-state index contributed by atoms with van der Waals surface area (Å²) in [4.78, 5) is 28.7. The molecule has 3 unspecified atom stereocenters. The number of hydrogen-bond acceptors (Lipinski definition) is 5. The molecular formula is C13H19N3O2. The molecule has 1 N–H and O–H groups in total. The lowest BCUT2D eigenvalue weighted by Crippen LogP contribution is -2.79. The predicted octanol–water partition coefficient (Wildman–Crippen LogP) is -0.264. The minimum absolute atomic E-state index is 0.0837. The molecule has 0 spiro atoms. The maximum absolute atomic E-state index is 12.5. The maximum Gasteiger partial charge on any atom is 0.227 e. The number of nitrogens with one attached hydrogen (secondary N) is 1. The topological polar surface area (TPSA) is 52.6 Å². The van der Waals surface area contributed by atoms with Crippen molar-refractivity contribution in [2.75, 3.05) is 20.6 Å². The van der Waals surface area contributed by atoms with E-state index in [1.165, 1.54) is 0 Å². The molecule has 1 aliphatic carbocycles. The van der Waals surface area contributed by atoms with Gasteiger partial charge in [0, 0.05) is 31.4 Å². The molecule has 3 aliphatic rings. The van der Waals surface area contributed by atoms with Gasteiger partial charge in [-0.1, -0.05) is 0 Å². The third kappa shape index (κ3) is 1.31. The standard InChI is InChI=1S/C13H19N3O2/c1-15(2)10-5-7-16-8-6-14-13(10)11(16)4-3-9(17)12(13)18/h6,8,10-11,14H,3-5,7H2,1-2H3. The van der Waals surface area contributed by atoms with Crippen LogP contribution in [0.4, 0.5) is 0 Å². The number of Topliss-reactive ketones (excluding diaryl/α,β-unsaturated/α-hetero) is 2. The summed E-state index contributed by atoms with van der Waals surface area (Å²) < 4.78 is 0. The highest BCUT2D eigenvalue weighted by Crippen LogP contribution is 2.39. The molecular weight excluding hydrogens is 230 g/mol. The number of nitrogens with zero attached hydrogens (tertiary/aromatic N) is 2. The van der Waals surface area contributed by atoms with Crippen LogP contribution in [0.3, 0.4) is 0 Å². The Bertz CT molecular complexity index is 432. The van der Waals surface area contributed by atoms with Crippen LogP contribution in [-0.2, 0) is 9.59 Å². The van der Waals surface area contributed by atoms with E-state index in [1.807, 2.05) is 26.5 Å². The van der Waals surface area contributed by atoms with Gasteiger partial charge in [0.15, 0.2) is 0 Å². The average molecular weight is 249 g/mol. The summed E-state index contributed by atoms with van der Waals surface area (Å²) in [5.74, 6) is -0.450. The third-order valence-corrected chi connectivity index (χ3v) is 4.60. The molecule has 0 aromatic rings. The second-order valence-corrected chi connectivity index (χ2v) is 5.64. The fourth-order valence-corrected chi connectivity index (χ4v) is 3.82. The van der Waals surface area contributed by atoms with Crippen molar-refractivity contribution in [3.63, 3.8) is 0 Å². The van der Waals surface area contributed by atoms with Crippen LogP contribution in [0, 0.1) is 0 Å². The van der Waals surface area contributed by atoms with Gasteiger partial charge in [0.25, 0.3) is 0 Å². The van der Waals surface area contributed by atoms with Crippen LogP contribution in [0.25, 0.3) is 0 Å². The van der Waals surface area contributed by atoms with Crippen LogP contribution in [-0.4, -0.2) is 59.6 Å². The first-order chi connectivity index (χ1) is 8.57. The van der Waals surface area contributed by atoms with Gasteiger partial charge in [0.1, 0.15) is 5.54 Å². The van der Waals surface area contributed by atoms with Crippen molar-refractivity contribution in [2.45, 2.75) is 36.9 Å². The highest BCUT2D eigenvalue weighted by molar-refractivity contribution is 6.41. The summed E-state index contributed by atoms with van der Waals surface area (Å²) >= 11 is 0. The summed E-state index contributed by atoms with van der Waals surface area (Å²) in [5, 5.41) is 3.24. The van der Waals surface area contributed by atoms with E-state index in [-0.39, 0.29) is 23.7 Å². The molecule has 18 heavy (non-hydrogen) atoms. The van der Waals surface area contributed by atoms with Crippen LogP contribution >= 0.6 is 0 Å². The summed E-state index contributed by atoms with van der Waals surface area (Å²) in [6.45, 7) is 0.953. The van der Waals surface area contributed by atoms with E-state index in [4.69, 9.17) is 0 Å². The van der Waals surface area contributed by atoms with Gasteiger partial charge in [-0.15, -0.1) is 0 Å². The van der Waals surface area contributed by atoms with Gasteiger partial charge in [-0.25, -0.2) is 0 Å². The number of carbonyl (C=O) groups is 2.